The molecule has 1 aromatic heterocycles. The van der Waals surface area contributed by atoms with Crippen molar-refractivity contribution in [2.75, 3.05) is 13.1 Å². The average Bonchev–Trinajstić information content (AvgIpc) is 3.38. The molecule has 0 aliphatic carbocycles. The SMILES string of the molecule is O=C(CCCCCN1C(=O)c2ccccc2C1=O)N1CCc2[nH]nc(-c3ccc(Cl)cc3)c2C1. The molecule has 3 aromatic rings. The zero-order valence-electron chi connectivity index (χ0n) is 18.7. The number of carbonyl (C=O) groups excluding carboxylic acids is 3. The fourth-order valence-electron chi connectivity index (χ4n) is 4.68. The number of unbranched alkanes of at least 4 members (excludes halogenated alkanes) is 2. The van der Waals surface area contributed by atoms with Crippen molar-refractivity contribution in [2.45, 2.75) is 38.6 Å². The molecule has 0 saturated heterocycles. The van der Waals surface area contributed by atoms with Gasteiger partial charge in [-0.15, -0.1) is 0 Å². The molecular formula is C26H25ClN4O3. The summed E-state index contributed by atoms with van der Waals surface area (Å²) >= 11 is 6.01. The maximum atomic E-state index is 12.9. The van der Waals surface area contributed by atoms with E-state index >= 15 is 0 Å². The van der Waals surface area contributed by atoms with Crippen LogP contribution < -0.4 is 0 Å². The van der Waals surface area contributed by atoms with Gasteiger partial charge in [0, 0.05) is 54.3 Å². The van der Waals surface area contributed by atoms with E-state index in [1.165, 1.54) is 4.90 Å². The number of nitrogens with zero attached hydrogens (tertiary/aromatic N) is 3. The third kappa shape index (κ3) is 4.23. The van der Waals surface area contributed by atoms with E-state index in [0.29, 0.717) is 48.6 Å². The summed E-state index contributed by atoms with van der Waals surface area (Å²) in [6.07, 6.45) is 3.39. The van der Waals surface area contributed by atoms with E-state index in [2.05, 4.69) is 10.2 Å². The minimum atomic E-state index is -0.225. The highest BCUT2D eigenvalue weighted by Crippen LogP contribution is 2.29. The Hall–Kier alpha value is -3.45. The summed E-state index contributed by atoms with van der Waals surface area (Å²) in [6, 6.07) is 14.5. The second-order valence-corrected chi connectivity index (χ2v) is 9.16. The number of H-pyrrole nitrogens is 1. The lowest BCUT2D eigenvalue weighted by Gasteiger charge is -2.27. The molecule has 0 fully saturated rings. The standard InChI is InChI=1S/C26H25ClN4O3/c27-18-11-9-17(10-12-18)24-21-16-30(15-13-22(21)28-29-24)23(32)8-2-1-5-14-31-25(33)19-6-3-4-7-20(19)26(31)34/h3-4,6-7,9-12H,1-2,5,8,13-16H2,(H,28,29). The first-order valence-electron chi connectivity index (χ1n) is 11.6. The van der Waals surface area contributed by atoms with Crippen molar-refractivity contribution in [3.8, 4) is 11.3 Å². The minimum Gasteiger partial charge on any atom is -0.338 e. The van der Waals surface area contributed by atoms with Crippen LogP contribution in [0.4, 0.5) is 0 Å². The van der Waals surface area contributed by atoms with E-state index in [0.717, 1.165) is 41.8 Å². The molecule has 2 aromatic carbocycles. The molecule has 0 saturated carbocycles. The predicted molar refractivity (Wildman–Crippen MR) is 128 cm³/mol. The molecule has 8 heteroatoms. The number of rotatable bonds is 7. The monoisotopic (exact) mass is 476 g/mol. The molecule has 34 heavy (non-hydrogen) atoms. The van der Waals surface area contributed by atoms with Gasteiger partial charge in [-0.1, -0.05) is 42.3 Å². The van der Waals surface area contributed by atoms with Crippen molar-refractivity contribution >= 4 is 29.3 Å². The fraction of sp³-hybridized carbons (Fsp3) is 0.308. The average molecular weight is 477 g/mol. The van der Waals surface area contributed by atoms with E-state index < -0.39 is 0 Å². The van der Waals surface area contributed by atoms with Gasteiger partial charge < -0.3 is 4.90 Å². The van der Waals surface area contributed by atoms with Gasteiger partial charge in [-0.3, -0.25) is 24.4 Å². The predicted octanol–water partition coefficient (Wildman–Crippen LogP) is 4.47. The molecule has 0 radical (unpaired) electrons. The topological polar surface area (TPSA) is 86.4 Å². The van der Waals surface area contributed by atoms with Crippen LogP contribution in [0.5, 0.6) is 0 Å². The molecule has 7 nitrogen and oxygen atoms in total. The lowest BCUT2D eigenvalue weighted by molar-refractivity contribution is -0.132. The molecule has 3 amide bonds. The Bertz CT molecular complexity index is 1220. The number of imide groups is 1. The molecule has 0 unspecified atom stereocenters. The van der Waals surface area contributed by atoms with Gasteiger partial charge in [0.15, 0.2) is 0 Å². The highest BCUT2D eigenvalue weighted by Gasteiger charge is 2.34. The molecule has 0 atom stereocenters. The molecular weight excluding hydrogens is 452 g/mol. The number of aromatic nitrogens is 2. The van der Waals surface area contributed by atoms with Gasteiger partial charge in [0.05, 0.1) is 16.8 Å². The van der Waals surface area contributed by atoms with E-state index in [4.69, 9.17) is 11.6 Å². The van der Waals surface area contributed by atoms with Gasteiger partial charge in [0.1, 0.15) is 0 Å². The van der Waals surface area contributed by atoms with E-state index in [-0.39, 0.29) is 17.7 Å². The van der Waals surface area contributed by atoms with Crippen molar-refractivity contribution in [1.82, 2.24) is 20.0 Å². The first-order chi connectivity index (χ1) is 16.5. The lowest BCUT2D eigenvalue weighted by Crippen LogP contribution is -2.35. The van der Waals surface area contributed by atoms with Crippen LogP contribution in [0.1, 0.15) is 57.7 Å². The fourth-order valence-corrected chi connectivity index (χ4v) is 4.80. The molecule has 174 valence electrons. The second-order valence-electron chi connectivity index (χ2n) is 8.72. The Labute approximate surface area is 202 Å². The van der Waals surface area contributed by atoms with Gasteiger partial charge in [0.25, 0.3) is 11.8 Å². The van der Waals surface area contributed by atoms with Crippen LogP contribution in [0.15, 0.2) is 48.5 Å². The Balaban J connectivity index is 1.11. The molecule has 2 aliphatic heterocycles. The molecule has 1 N–H and O–H groups in total. The number of benzene rings is 2. The summed E-state index contributed by atoms with van der Waals surface area (Å²) in [6.45, 7) is 1.59. The number of nitrogens with one attached hydrogen (secondary N) is 1. The van der Waals surface area contributed by atoms with E-state index in [1.807, 2.05) is 29.2 Å². The lowest BCUT2D eigenvalue weighted by atomic mass is 10.0. The third-order valence-electron chi connectivity index (χ3n) is 6.55. The summed E-state index contributed by atoms with van der Waals surface area (Å²) in [5, 5.41) is 8.27. The van der Waals surface area contributed by atoms with Crippen LogP contribution in [0.2, 0.25) is 5.02 Å². The van der Waals surface area contributed by atoms with Crippen LogP contribution >= 0.6 is 11.6 Å². The van der Waals surface area contributed by atoms with Gasteiger partial charge >= 0.3 is 0 Å². The number of carbonyl (C=O) groups is 3. The van der Waals surface area contributed by atoms with Crippen molar-refractivity contribution in [1.29, 1.82) is 0 Å². The summed E-state index contributed by atoms with van der Waals surface area (Å²) in [4.78, 5) is 40.9. The van der Waals surface area contributed by atoms with Crippen LogP contribution in [0.25, 0.3) is 11.3 Å². The van der Waals surface area contributed by atoms with Crippen molar-refractivity contribution in [3.63, 3.8) is 0 Å². The highest BCUT2D eigenvalue weighted by atomic mass is 35.5. The summed E-state index contributed by atoms with van der Waals surface area (Å²) in [7, 11) is 0. The summed E-state index contributed by atoms with van der Waals surface area (Å²) in [5.41, 5.74) is 4.94. The van der Waals surface area contributed by atoms with Crippen LogP contribution in [0.3, 0.4) is 0 Å². The number of halogens is 1. The maximum absolute atomic E-state index is 12.9. The Morgan fingerprint density at radius 1 is 0.971 bits per heavy atom. The Kier molecular flexibility index (Phi) is 6.20. The van der Waals surface area contributed by atoms with Crippen molar-refractivity contribution in [2.24, 2.45) is 0 Å². The largest absolute Gasteiger partial charge is 0.338 e. The van der Waals surface area contributed by atoms with Crippen molar-refractivity contribution in [3.05, 3.63) is 75.9 Å². The molecule has 0 spiro atoms. The third-order valence-corrected chi connectivity index (χ3v) is 6.81. The van der Waals surface area contributed by atoms with Gasteiger partial charge in [0.2, 0.25) is 5.91 Å². The zero-order valence-corrected chi connectivity index (χ0v) is 19.5. The quantitative estimate of drug-likeness (QED) is 0.402. The smallest absolute Gasteiger partial charge is 0.261 e. The van der Waals surface area contributed by atoms with Gasteiger partial charge in [-0.25, -0.2) is 0 Å². The number of fused-ring (bicyclic) bond motifs is 2. The molecule has 0 bridgehead atoms. The number of hydrogen-bond acceptors (Lipinski definition) is 4. The van der Waals surface area contributed by atoms with Crippen LogP contribution in [-0.2, 0) is 17.8 Å². The first kappa shape index (κ1) is 22.3. The number of aromatic amines is 1. The van der Waals surface area contributed by atoms with Gasteiger partial charge in [-0.2, -0.15) is 5.10 Å². The second kappa shape index (κ2) is 9.43. The van der Waals surface area contributed by atoms with Crippen LogP contribution in [-0.4, -0.2) is 50.8 Å². The summed E-state index contributed by atoms with van der Waals surface area (Å²) < 4.78 is 0. The number of hydrogen-bond donors (Lipinski definition) is 1. The highest BCUT2D eigenvalue weighted by molar-refractivity contribution is 6.30. The molecule has 2 aliphatic rings. The van der Waals surface area contributed by atoms with Crippen LogP contribution in [0, 0.1) is 0 Å². The minimum absolute atomic E-state index is 0.120. The maximum Gasteiger partial charge on any atom is 0.261 e. The first-order valence-corrected chi connectivity index (χ1v) is 12.0. The van der Waals surface area contributed by atoms with Crippen molar-refractivity contribution < 1.29 is 14.4 Å². The Morgan fingerprint density at radius 3 is 2.38 bits per heavy atom. The van der Waals surface area contributed by atoms with E-state index in [1.54, 1.807) is 24.3 Å². The van der Waals surface area contributed by atoms with E-state index in [9.17, 15) is 14.4 Å². The normalized spacial score (nSPS) is 15.0. The van der Waals surface area contributed by atoms with Gasteiger partial charge in [-0.05, 0) is 37.1 Å². The zero-order chi connectivity index (χ0) is 23.7. The molecule has 5 rings (SSSR count). The number of amides is 3. The molecule has 3 heterocycles. The Morgan fingerprint density at radius 2 is 1.68 bits per heavy atom. The summed E-state index contributed by atoms with van der Waals surface area (Å²) in [5.74, 6) is -0.329.